The maximum Gasteiger partial charge on any atom is -0.0360 e. The third-order valence-corrected chi connectivity index (χ3v) is 3.34. The van der Waals surface area contributed by atoms with Gasteiger partial charge in [0.25, 0.3) is 0 Å². The molecular weight excluding hydrogens is 120 g/mol. The van der Waals surface area contributed by atoms with Gasteiger partial charge in [0.15, 0.2) is 0 Å². The van der Waals surface area contributed by atoms with E-state index >= 15 is 0 Å². The molecule has 0 heterocycles. The Bertz CT molecular complexity index is 86.2. The zero-order chi connectivity index (χ0) is 7.56. The summed E-state index contributed by atoms with van der Waals surface area (Å²) in [5.74, 6) is 3.24. The highest BCUT2D eigenvalue weighted by molar-refractivity contribution is 4.86. The molecule has 0 nitrogen and oxygen atoms in total. The molecule has 0 aromatic rings. The van der Waals surface area contributed by atoms with Crippen LogP contribution in [0.4, 0.5) is 0 Å². The highest BCUT2D eigenvalue weighted by Gasteiger charge is 2.36. The zero-order valence-electron chi connectivity index (χ0n) is 7.56. The summed E-state index contributed by atoms with van der Waals surface area (Å²) >= 11 is 0. The summed E-state index contributed by atoms with van der Waals surface area (Å²) in [6.07, 6.45) is 5.76. The van der Waals surface area contributed by atoms with E-state index in [4.69, 9.17) is 0 Å². The van der Waals surface area contributed by atoms with Gasteiger partial charge in [0, 0.05) is 0 Å². The second-order valence-electron chi connectivity index (χ2n) is 3.64. The monoisotopic (exact) mass is 140 g/mol. The summed E-state index contributed by atoms with van der Waals surface area (Å²) < 4.78 is 0. The molecule has 1 aliphatic carbocycles. The lowest BCUT2D eigenvalue weighted by Gasteiger charge is -2.44. The van der Waals surface area contributed by atoms with Crippen LogP contribution >= 0.6 is 0 Å². The van der Waals surface area contributed by atoms with Crippen LogP contribution in [-0.4, -0.2) is 0 Å². The summed E-state index contributed by atoms with van der Waals surface area (Å²) in [5.41, 5.74) is 0. The van der Waals surface area contributed by atoms with Crippen molar-refractivity contribution in [3.05, 3.63) is 0 Å². The van der Waals surface area contributed by atoms with E-state index in [1.807, 2.05) is 0 Å². The first-order chi connectivity index (χ1) is 4.83. The Morgan fingerprint density at radius 1 is 0.900 bits per heavy atom. The molecule has 1 fully saturated rings. The average molecular weight is 140 g/mol. The summed E-state index contributed by atoms with van der Waals surface area (Å²) in [7, 11) is 0. The molecule has 1 rings (SSSR count). The van der Waals surface area contributed by atoms with Crippen molar-refractivity contribution >= 4 is 0 Å². The molecule has 0 radical (unpaired) electrons. The average Bonchev–Trinajstić information content (AvgIpc) is 1.89. The third kappa shape index (κ3) is 1.21. The minimum absolute atomic E-state index is 1.08. The van der Waals surface area contributed by atoms with Gasteiger partial charge in [-0.3, -0.25) is 0 Å². The Morgan fingerprint density at radius 3 is 1.70 bits per heavy atom. The topological polar surface area (TPSA) is 0 Å². The van der Waals surface area contributed by atoms with Gasteiger partial charge in [0.05, 0.1) is 0 Å². The van der Waals surface area contributed by atoms with E-state index in [9.17, 15) is 0 Å². The maximum atomic E-state index is 2.34. The molecule has 0 heteroatoms. The molecule has 0 spiro atoms. The summed E-state index contributed by atoms with van der Waals surface area (Å²) in [5, 5.41) is 0. The van der Waals surface area contributed by atoms with Gasteiger partial charge in [0.2, 0.25) is 0 Å². The van der Waals surface area contributed by atoms with Crippen LogP contribution in [0, 0.1) is 17.8 Å². The van der Waals surface area contributed by atoms with Gasteiger partial charge in [-0.2, -0.15) is 0 Å². The van der Waals surface area contributed by atoms with Crippen LogP contribution in [0.2, 0.25) is 0 Å². The quantitative estimate of drug-likeness (QED) is 0.563. The van der Waals surface area contributed by atoms with Crippen molar-refractivity contribution in [2.24, 2.45) is 17.8 Å². The Labute approximate surface area is 65.0 Å². The second kappa shape index (κ2) is 3.41. The molecule has 0 aromatic carbocycles. The smallest absolute Gasteiger partial charge is 0.0360 e. The van der Waals surface area contributed by atoms with Crippen LogP contribution < -0.4 is 0 Å². The van der Waals surface area contributed by atoms with Gasteiger partial charge in [-0.05, 0) is 24.2 Å². The normalized spacial score (nSPS) is 39.3. The van der Waals surface area contributed by atoms with E-state index in [1.54, 1.807) is 0 Å². The van der Waals surface area contributed by atoms with Crippen molar-refractivity contribution in [3.8, 4) is 0 Å². The van der Waals surface area contributed by atoms with Crippen molar-refractivity contribution in [1.29, 1.82) is 0 Å². The molecule has 0 N–H and O–H groups in total. The molecule has 0 aromatic heterocycles. The van der Waals surface area contributed by atoms with Gasteiger partial charge in [-0.25, -0.2) is 0 Å². The van der Waals surface area contributed by atoms with Crippen LogP contribution in [0.15, 0.2) is 0 Å². The molecular formula is C10H20. The number of hydrogen-bond donors (Lipinski definition) is 0. The van der Waals surface area contributed by atoms with Crippen molar-refractivity contribution in [1.82, 2.24) is 0 Å². The molecule has 10 heavy (non-hydrogen) atoms. The number of rotatable bonds is 3. The number of hydrogen-bond acceptors (Lipinski definition) is 0. The molecule has 0 aliphatic heterocycles. The molecule has 2 atom stereocenters. The summed E-state index contributed by atoms with van der Waals surface area (Å²) in [6, 6.07) is 0. The first kappa shape index (κ1) is 8.10. The van der Waals surface area contributed by atoms with Crippen molar-refractivity contribution in [3.63, 3.8) is 0 Å². The summed E-state index contributed by atoms with van der Waals surface area (Å²) in [6.45, 7) is 7.01. The Morgan fingerprint density at radius 2 is 1.40 bits per heavy atom. The molecule has 0 saturated heterocycles. The fourth-order valence-corrected chi connectivity index (χ4v) is 2.53. The molecule has 0 amide bonds. The fourth-order valence-electron chi connectivity index (χ4n) is 2.53. The lowest BCUT2D eigenvalue weighted by atomic mass is 9.62. The largest absolute Gasteiger partial charge is 0.0651 e. The van der Waals surface area contributed by atoms with Crippen LogP contribution in [0.25, 0.3) is 0 Å². The van der Waals surface area contributed by atoms with Gasteiger partial charge in [0.1, 0.15) is 0 Å². The SMILES string of the molecule is CCC1CC(CC)C1CC. The van der Waals surface area contributed by atoms with E-state index in [2.05, 4.69) is 20.8 Å². The van der Waals surface area contributed by atoms with Gasteiger partial charge >= 0.3 is 0 Å². The molecule has 1 aliphatic rings. The van der Waals surface area contributed by atoms with Crippen LogP contribution in [0.5, 0.6) is 0 Å². The highest BCUT2D eigenvalue weighted by atomic mass is 14.4. The standard InChI is InChI=1S/C10H20/c1-4-8-7-9(5-2)10(8)6-3/h8-10H,4-7H2,1-3H3. The lowest BCUT2D eigenvalue weighted by molar-refractivity contribution is 0.0612. The van der Waals surface area contributed by atoms with E-state index in [-0.39, 0.29) is 0 Å². The summed E-state index contributed by atoms with van der Waals surface area (Å²) in [4.78, 5) is 0. The predicted octanol–water partition coefficient (Wildman–Crippen LogP) is 3.47. The van der Waals surface area contributed by atoms with E-state index in [0.29, 0.717) is 0 Å². The van der Waals surface area contributed by atoms with E-state index < -0.39 is 0 Å². The predicted molar refractivity (Wildman–Crippen MR) is 46.0 cm³/mol. The van der Waals surface area contributed by atoms with Gasteiger partial charge in [-0.15, -0.1) is 0 Å². The van der Waals surface area contributed by atoms with Crippen LogP contribution in [0.3, 0.4) is 0 Å². The fraction of sp³-hybridized carbons (Fsp3) is 1.00. The maximum absolute atomic E-state index is 2.34. The third-order valence-electron chi connectivity index (χ3n) is 3.34. The Kier molecular flexibility index (Phi) is 2.76. The van der Waals surface area contributed by atoms with Gasteiger partial charge in [-0.1, -0.05) is 40.0 Å². The van der Waals surface area contributed by atoms with E-state index in [0.717, 1.165) is 17.8 Å². The first-order valence-electron chi connectivity index (χ1n) is 4.83. The minimum atomic E-state index is 1.08. The Balaban J connectivity index is 2.30. The molecule has 1 saturated carbocycles. The molecule has 60 valence electrons. The van der Waals surface area contributed by atoms with Crippen molar-refractivity contribution in [2.45, 2.75) is 46.5 Å². The zero-order valence-corrected chi connectivity index (χ0v) is 7.56. The second-order valence-corrected chi connectivity index (χ2v) is 3.64. The van der Waals surface area contributed by atoms with Gasteiger partial charge < -0.3 is 0 Å². The van der Waals surface area contributed by atoms with Crippen molar-refractivity contribution in [2.75, 3.05) is 0 Å². The first-order valence-corrected chi connectivity index (χ1v) is 4.83. The lowest BCUT2D eigenvalue weighted by Crippen LogP contribution is -2.35. The minimum Gasteiger partial charge on any atom is -0.0651 e. The highest BCUT2D eigenvalue weighted by Crippen LogP contribution is 2.45. The van der Waals surface area contributed by atoms with Crippen molar-refractivity contribution < 1.29 is 0 Å². The molecule has 2 unspecified atom stereocenters. The van der Waals surface area contributed by atoms with E-state index in [1.165, 1.54) is 25.7 Å². The molecule has 0 bridgehead atoms. The van der Waals surface area contributed by atoms with Crippen LogP contribution in [0.1, 0.15) is 46.5 Å². The Hall–Kier alpha value is 0. The van der Waals surface area contributed by atoms with Crippen LogP contribution in [-0.2, 0) is 0 Å².